The van der Waals surface area contributed by atoms with Crippen molar-refractivity contribution in [3.05, 3.63) is 54.1 Å². The summed E-state index contributed by atoms with van der Waals surface area (Å²) in [6, 6.07) is 16.8. The summed E-state index contributed by atoms with van der Waals surface area (Å²) in [6.07, 6.45) is 3.92. The maximum atomic E-state index is 8.68. The van der Waals surface area contributed by atoms with Crippen LogP contribution < -0.4 is 0 Å². The van der Waals surface area contributed by atoms with E-state index in [1.807, 2.05) is 31.2 Å². The lowest BCUT2D eigenvalue weighted by molar-refractivity contribution is 0.962. The van der Waals surface area contributed by atoms with Gasteiger partial charge in [-0.05, 0) is 29.3 Å². The fourth-order valence-electron chi connectivity index (χ4n) is 1.61. The van der Waals surface area contributed by atoms with Crippen LogP contribution in [0.4, 0.5) is 0 Å². The van der Waals surface area contributed by atoms with Crippen molar-refractivity contribution in [1.29, 1.82) is 5.26 Å². The highest BCUT2D eigenvalue weighted by atomic mass is 14.2. The van der Waals surface area contributed by atoms with Crippen LogP contribution in [0.3, 0.4) is 0 Å². The van der Waals surface area contributed by atoms with Crippen molar-refractivity contribution < 1.29 is 0 Å². The second kappa shape index (κ2) is 4.63. The van der Waals surface area contributed by atoms with E-state index in [4.69, 9.17) is 5.26 Å². The zero-order valence-electron chi connectivity index (χ0n) is 9.22. The van der Waals surface area contributed by atoms with Crippen molar-refractivity contribution in [1.82, 2.24) is 0 Å². The number of hydrogen-bond donors (Lipinski definition) is 0. The molecule has 2 aromatic rings. The Kier molecular flexibility index (Phi) is 3.03. The molecule has 0 aromatic heterocycles. The normalized spacial score (nSPS) is 12.8. The molecular formula is C15H13N. The number of allylic oxidation sites excluding steroid dienone is 1. The fraction of sp³-hybridized carbons (Fsp3) is 0.133. The van der Waals surface area contributed by atoms with Crippen LogP contribution in [0.1, 0.15) is 12.5 Å². The number of hydrogen-bond acceptors (Lipinski definition) is 1. The van der Waals surface area contributed by atoms with E-state index in [9.17, 15) is 0 Å². The average molecular weight is 207 g/mol. The maximum absolute atomic E-state index is 8.68. The topological polar surface area (TPSA) is 23.8 Å². The lowest BCUT2D eigenvalue weighted by atomic mass is 10.1. The minimum absolute atomic E-state index is 0.0357. The average Bonchev–Trinajstić information content (AvgIpc) is 2.35. The molecule has 2 rings (SSSR count). The minimum atomic E-state index is -0.0357. The molecule has 0 fully saturated rings. The van der Waals surface area contributed by atoms with Crippen molar-refractivity contribution >= 4 is 16.8 Å². The van der Waals surface area contributed by atoms with Gasteiger partial charge in [-0.3, -0.25) is 0 Å². The van der Waals surface area contributed by atoms with Crippen molar-refractivity contribution in [2.45, 2.75) is 6.92 Å². The van der Waals surface area contributed by atoms with Gasteiger partial charge in [-0.1, -0.05) is 48.6 Å². The van der Waals surface area contributed by atoms with Crippen LogP contribution in [0.5, 0.6) is 0 Å². The Morgan fingerprint density at radius 1 is 1.12 bits per heavy atom. The number of rotatable bonds is 2. The first-order chi connectivity index (χ1) is 7.79. The number of fused-ring (bicyclic) bond motifs is 1. The molecule has 0 saturated heterocycles. The molecule has 0 N–H and O–H groups in total. The summed E-state index contributed by atoms with van der Waals surface area (Å²) in [5.74, 6) is -0.0357. The Bertz CT molecular complexity index is 561. The Labute approximate surface area is 95.6 Å². The van der Waals surface area contributed by atoms with Crippen molar-refractivity contribution in [3.63, 3.8) is 0 Å². The van der Waals surface area contributed by atoms with E-state index in [-0.39, 0.29) is 5.92 Å². The molecule has 0 bridgehead atoms. The van der Waals surface area contributed by atoms with Gasteiger partial charge in [0.05, 0.1) is 12.0 Å². The van der Waals surface area contributed by atoms with Gasteiger partial charge < -0.3 is 0 Å². The molecule has 0 heterocycles. The van der Waals surface area contributed by atoms with E-state index in [1.165, 1.54) is 10.8 Å². The monoisotopic (exact) mass is 207 g/mol. The van der Waals surface area contributed by atoms with E-state index in [0.29, 0.717) is 0 Å². The molecule has 1 nitrogen and oxygen atoms in total. The van der Waals surface area contributed by atoms with Gasteiger partial charge >= 0.3 is 0 Å². The first-order valence-electron chi connectivity index (χ1n) is 5.36. The molecule has 16 heavy (non-hydrogen) atoms. The predicted octanol–water partition coefficient (Wildman–Crippen LogP) is 4.01. The Hall–Kier alpha value is -2.07. The summed E-state index contributed by atoms with van der Waals surface area (Å²) >= 11 is 0. The van der Waals surface area contributed by atoms with E-state index in [1.54, 1.807) is 0 Å². The molecular weight excluding hydrogens is 194 g/mol. The van der Waals surface area contributed by atoms with Gasteiger partial charge in [0.1, 0.15) is 0 Å². The van der Waals surface area contributed by atoms with Crippen LogP contribution >= 0.6 is 0 Å². The molecule has 0 aliphatic heterocycles. The van der Waals surface area contributed by atoms with Gasteiger partial charge in [-0.25, -0.2) is 0 Å². The molecule has 1 heteroatoms. The predicted molar refractivity (Wildman–Crippen MR) is 67.8 cm³/mol. The second-order valence-corrected chi connectivity index (χ2v) is 3.88. The molecule has 1 atom stereocenters. The first-order valence-corrected chi connectivity index (χ1v) is 5.36. The van der Waals surface area contributed by atoms with Gasteiger partial charge in [0, 0.05) is 0 Å². The van der Waals surface area contributed by atoms with E-state index < -0.39 is 0 Å². The number of nitriles is 1. The largest absolute Gasteiger partial charge is 0.198 e. The third-order valence-electron chi connectivity index (χ3n) is 2.55. The lowest BCUT2D eigenvalue weighted by Gasteiger charge is -1.99. The summed E-state index contributed by atoms with van der Waals surface area (Å²) in [4.78, 5) is 0. The molecule has 0 radical (unpaired) electrons. The van der Waals surface area contributed by atoms with Crippen molar-refractivity contribution in [3.8, 4) is 6.07 Å². The first kappa shape index (κ1) is 10.4. The summed E-state index contributed by atoms with van der Waals surface area (Å²) in [5, 5.41) is 11.2. The van der Waals surface area contributed by atoms with Crippen LogP contribution in [-0.4, -0.2) is 0 Å². The second-order valence-electron chi connectivity index (χ2n) is 3.88. The fourth-order valence-corrected chi connectivity index (χ4v) is 1.61. The molecule has 2 aromatic carbocycles. The summed E-state index contributed by atoms with van der Waals surface area (Å²) in [5.41, 5.74) is 1.14. The van der Waals surface area contributed by atoms with Gasteiger partial charge in [0.25, 0.3) is 0 Å². The molecule has 0 spiro atoms. The summed E-state index contributed by atoms with van der Waals surface area (Å²) < 4.78 is 0. The van der Waals surface area contributed by atoms with Gasteiger partial charge in [-0.2, -0.15) is 5.26 Å². The van der Waals surface area contributed by atoms with E-state index in [2.05, 4.69) is 36.4 Å². The SMILES string of the molecule is CC(C#N)/C=C/c1ccc2ccccc2c1. The van der Waals surface area contributed by atoms with Gasteiger partial charge in [0.2, 0.25) is 0 Å². The van der Waals surface area contributed by atoms with Crippen molar-refractivity contribution in [2.75, 3.05) is 0 Å². The van der Waals surface area contributed by atoms with Crippen LogP contribution in [-0.2, 0) is 0 Å². The van der Waals surface area contributed by atoms with Gasteiger partial charge in [0.15, 0.2) is 0 Å². The minimum Gasteiger partial charge on any atom is -0.198 e. The standard InChI is InChI=1S/C15H13N/c1-12(11-16)6-7-13-8-9-14-4-2-3-5-15(14)10-13/h2-10,12H,1H3/b7-6+. The third kappa shape index (κ3) is 2.29. The Balaban J connectivity index is 2.33. The molecule has 0 aliphatic carbocycles. The smallest absolute Gasteiger partial charge is 0.0694 e. The zero-order valence-corrected chi connectivity index (χ0v) is 9.22. The van der Waals surface area contributed by atoms with Crippen LogP contribution in [0, 0.1) is 17.2 Å². The Morgan fingerprint density at radius 2 is 1.88 bits per heavy atom. The molecule has 0 aliphatic rings. The Morgan fingerprint density at radius 3 is 2.62 bits per heavy atom. The zero-order chi connectivity index (χ0) is 11.4. The highest BCUT2D eigenvalue weighted by Crippen LogP contribution is 2.16. The van der Waals surface area contributed by atoms with Crippen LogP contribution in [0.2, 0.25) is 0 Å². The lowest BCUT2D eigenvalue weighted by Crippen LogP contribution is -1.81. The third-order valence-corrected chi connectivity index (χ3v) is 2.55. The van der Waals surface area contributed by atoms with E-state index >= 15 is 0 Å². The summed E-state index contributed by atoms with van der Waals surface area (Å²) in [6.45, 7) is 1.89. The summed E-state index contributed by atoms with van der Waals surface area (Å²) in [7, 11) is 0. The molecule has 0 saturated carbocycles. The number of nitrogens with zero attached hydrogens (tertiary/aromatic N) is 1. The molecule has 1 unspecified atom stereocenters. The van der Waals surface area contributed by atoms with Crippen LogP contribution in [0.25, 0.3) is 16.8 Å². The molecule has 0 amide bonds. The maximum Gasteiger partial charge on any atom is 0.0694 e. The van der Waals surface area contributed by atoms with E-state index in [0.717, 1.165) is 5.56 Å². The van der Waals surface area contributed by atoms with Gasteiger partial charge in [-0.15, -0.1) is 0 Å². The van der Waals surface area contributed by atoms with Crippen LogP contribution in [0.15, 0.2) is 48.5 Å². The van der Waals surface area contributed by atoms with Crippen molar-refractivity contribution in [2.24, 2.45) is 5.92 Å². The number of benzene rings is 2. The highest BCUT2D eigenvalue weighted by Gasteiger charge is 1.94. The highest BCUT2D eigenvalue weighted by molar-refractivity contribution is 5.84. The quantitative estimate of drug-likeness (QED) is 0.729. The molecule has 78 valence electrons.